The molecule has 0 unspecified atom stereocenters. The Labute approximate surface area is 149 Å². The fourth-order valence-electron chi connectivity index (χ4n) is 0.909. The molecule has 0 aliphatic rings. The normalized spacial score (nSPS) is 9.60. The molecule has 3 N–H and O–H groups in total. The molecule has 0 radical (unpaired) electrons. The van der Waals surface area contributed by atoms with Crippen LogP contribution in [0.5, 0.6) is 0 Å². The first-order valence-corrected chi connectivity index (χ1v) is 7.84. The molecule has 2 aromatic rings. The molecular weight excluding hydrogens is 324 g/mol. The molecular formula is C16H32N6O3. The summed E-state index contributed by atoms with van der Waals surface area (Å²) >= 11 is 0. The number of allylic oxidation sites excluding steroid dienone is 1. The highest BCUT2D eigenvalue weighted by Crippen LogP contribution is 1.93. The van der Waals surface area contributed by atoms with Crippen molar-refractivity contribution in [3.63, 3.8) is 0 Å². The smallest absolute Gasteiger partial charge is 0.0692 e. The molecule has 2 heterocycles. The third-order valence-electron chi connectivity index (χ3n) is 1.60. The van der Waals surface area contributed by atoms with Crippen molar-refractivity contribution in [2.45, 2.75) is 53.3 Å². The van der Waals surface area contributed by atoms with Crippen LogP contribution in [0.3, 0.4) is 0 Å². The van der Waals surface area contributed by atoms with Gasteiger partial charge in [-0.3, -0.25) is 9.36 Å². The Morgan fingerprint density at radius 1 is 0.920 bits per heavy atom. The lowest BCUT2D eigenvalue weighted by molar-refractivity contribution is 0.102. The molecule has 0 amide bonds. The Morgan fingerprint density at radius 2 is 1.20 bits per heavy atom. The molecule has 0 fully saturated rings. The summed E-state index contributed by atoms with van der Waals surface area (Å²) in [5.41, 5.74) is 0.667. The SMILES string of the molecule is C=C(C)C.CC(C)(C)O.OCCn1ccnn1.OCCn1ccnn1. The van der Waals surface area contributed by atoms with Gasteiger partial charge in [-0.15, -0.1) is 16.8 Å². The molecule has 0 aliphatic heterocycles. The highest BCUT2D eigenvalue weighted by atomic mass is 16.3. The summed E-state index contributed by atoms with van der Waals surface area (Å²) in [4.78, 5) is 0. The number of aliphatic hydroxyl groups excluding tert-OH is 2. The summed E-state index contributed by atoms with van der Waals surface area (Å²) in [6.45, 7) is 14.0. The molecule has 9 nitrogen and oxygen atoms in total. The summed E-state index contributed by atoms with van der Waals surface area (Å²) in [6.07, 6.45) is 6.57. The Balaban J connectivity index is 0. The zero-order valence-corrected chi connectivity index (χ0v) is 15.9. The second-order valence-electron chi connectivity index (χ2n) is 6.16. The van der Waals surface area contributed by atoms with Crippen molar-refractivity contribution in [1.82, 2.24) is 30.0 Å². The predicted molar refractivity (Wildman–Crippen MR) is 96.7 cm³/mol. The standard InChI is InChI=1S/2C4H7N3O.C4H10O.C4H8/c2*8-4-3-7-2-1-5-6-7;1-4(2,3)5;1-4(2)3/h2*1-2,8H,3-4H2;5H,1-3H3;1H2,2-3H3. The van der Waals surface area contributed by atoms with E-state index < -0.39 is 5.60 Å². The van der Waals surface area contributed by atoms with Gasteiger partial charge in [0, 0.05) is 12.4 Å². The van der Waals surface area contributed by atoms with Crippen LogP contribution in [0.25, 0.3) is 0 Å². The van der Waals surface area contributed by atoms with E-state index in [1.165, 1.54) is 5.57 Å². The van der Waals surface area contributed by atoms with E-state index in [1.807, 2.05) is 13.8 Å². The van der Waals surface area contributed by atoms with Crippen LogP contribution in [-0.4, -0.2) is 64.1 Å². The van der Waals surface area contributed by atoms with E-state index >= 15 is 0 Å². The molecule has 0 saturated carbocycles. The van der Waals surface area contributed by atoms with E-state index in [1.54, 1.807) is 54.9 Å². The maximum Gasteiger partial charge on any atom is 0.0692 e. The van der Waals surface area contributed by atoms with Crippen LogP contribution in [0, 0.1) is 0 Å². The van der Waals surface area contributed by atoms with Gasteiger partial charge in [-0.25, -0.2) is 0 Å². The number of aliphatic hydroxyl groups is 3. The molecule has 2 aromatic heterocycles. The fourth-order valence-corrected chi connectivity index (χ4v) is 0.909. The third kappa shape index (κ3) is 27.1. The molecule has 25 heavy (non-hydrogen) atoms. The maximum atomic E-state index is 8.52. The molecule has 0 aromatic carbocycles. The van der Waals surface area contributed by atoms with E-state index in [0.717, 1.165) is 0 Å². The number of hydrogen-bond donors (Lipinski definition) is 3. The van der Waals surface area contributed by atoms with Gasteiger partial charge in [-0.2, -0.15) is 0 Å². The highest BCUT2D eigenvalue weighted by molar-refractivity contribution is 4.78. The Hall–Kier alpha value is -2.10. The first-order chi connectivity index (χ1) is 11.6. The summed E-state index contributed by atoms with van der Waals surface area (Å²) < 4.78 is 3.14. The number of nitrogens with zero attached hydrogens (tertiary/aromatic N) is 6. The van der Waals surface area contributed by atoms with Gasteiger partial charge < -0.3 is 15.3 Å². The third-order valence-corrected chi connectivity index (χ3v) is 1.60. The van der Waals surface area contributed by atoms with Crippen LogP contribution < -0.4 is 0 Å². The molecule has 0 spiro atoms. The second-order valence-corrected chi connectivity index (χ2v) is 6.16. The second kappa shape index (κ2) is 15.4. The van der Waals surface area contributed by atoms with Crippen LogP contribution in [-0.2, 0) is 13.1 Å². The van der Waals surface area contributed by atoms with Gasteiger partial charge in [-0.1, -0.05) is 16.0 Å². The van der Waals surface area contributed by atoms with E-state index in [4.69, 9.17) is 15.3 Å². The quantitative estimate of drug-likeness (QED) is 0.696. The van der Waals surface area contributed by atoms with Crippen LogP contribution >= 0.6 is 0 Å². The highest BCUT2D eigenvalue weighted by Gasteiger charge is 1.97. The molecule has 2 rings (SSSR count). The molecule has 144 valence electrons. The Kier molecular flexibility index (Phi) is 15.5. The largest absolute Gasteiger partial charge is 0.394 e. The number of rotatable bonds is 4. The zero-order valence-electron chi connectivity index (χ0n) is 15.9. The Morgan fingerprint density at radius 3 is 1.36 bits per heavy atom. The van der Waals surface area contributed by atoms with Gasteiger partial charge >= 0.3 is 0 Å². The van der Waals surface area contributed by atoms with Crippen molar-refractivity contribution in [3.8, 4) is 0 Å². The van der Waals surface area contributed by atoms with Gasteiger partial charge in [0.1, 0.15) is 0 Å². The van der Waals surface area contributed by atoms with Crippen molar-refractivity contribution < 1.29 is 15.3 Å². The van der Waals surface area contributed by atoms with Gasteiger partial charge in [-0.05, 0) is 34.6 Å². The zero-order chi connectivity index (χ0) is 19.7. The number of hydrogen-bond acceptors (Lipinski definition) is 7. The first-order valence-electron chi connectivity index (χ1n) is 7.84. The minimum Gasteiger partial charge on any atom is -0.394 e. The van der Waals surface area contributed by atoms with Crippen LogP contribution in [0.4, 0.5) is 0 Å². The summed E-state index contributed by atoms with van der Waals surface area (Å²) in [5.74, 6) is 0. The van der Waals surface area contributed by atoms with Crippen molar-refractivity contribution >= 4 is 0 Å². The van der Waals surface area contributed by atoms with Gasteiger partial charge in [0.15, 0.2) is 0 Å². The van der Waals surface area contributed by atoms with Crippen molar-refractivity contribution in [1.29, 1.82) is 0 Å². The van der Waals surface area contributed by atoms with Crippen molar-refractivity contribution in [2.24, 2.45) is 0 Å². The van der Waals surface area contributed by atoms with Crippen molar-refractivity contribution in [3.05, 3.63) is 36.9 Å². The van der Waals surface area contributed by atoms with E-state index in [2.05, 4.69) is 27.2 Å². The van der Waals surface area contributed by atoms with Gasteiger partial charge in [0.05, 0.1) is 44.3 Å². The summed E-state index contributed by atoms with van der Waals surface area (Å²) in [6, 6.07) is 0. The predicted octanol–water partition coefficient (Wildman–Crippen LogP) is 0.900. The van der Waals surface area contributed by atoms with Gasteiger partial charge in [0.2, 0.25) is 0 Å². The molecule has 0 aliphatic carbocycles. The van der Waals surface area contributed by atoms with Crippen LogP contribution in [0.1, 0.15) is 34.6 Å². The Bertz CT molecular complexity index is 460. The average Bonchev–Trinajstić information content (AvgIpc) is 3.11. The van der Waals surface area contributed by atoms with Gasteiger partial charge in [0.25, 0.3) is 0 Å². The topological polar surface area (TPSA) is 122 Å². The van der Waals surface area contributed by atoms with Crippen LogP contribution in [0.2, 0.25) is 0 Å². The summed E-state index contributed by atoms with van der Waals surface area (Å²) in [5, 5.41) is 39.5. The lowest BCUT2D eigenvalue weighted by Crippen LogP contribution is -2.10. The number of aromatic nitrogens is 6. The fraction of sp³-hybridized carbons (Fsp3) is 0.625. The first kappa shape index (κ1) is 25.1. The van der Waals surface area contributed by atoms with Crippen LogP contribution in [0.15, 0.2) is 36.9 Å². The monoisotopic (exact) mass is 356 g/mol. The van der Waals surface area contributed by atoms with E-state index in [-0.39, 0.29) is 13.2 Å². The van der Waals surface area contributed by atoms with E-state index in [0.29, 0.717) is 13.1 Å². The lowest BCUT2D eigenvalue weighted by atomic mass is 10.2. The average molecular weight is 356 g/mol. The lowest BCUT2D eigenvalue weighted by Gasteiger charge is -2.04. The molecule has 9 heteroatoms. The summed E-state index contributed by atoms with van der Waals surface area (Å²) in [7, 11) is 0. The molecule has 0 bridgehead atoms. The minimum atomic E-state index is -0.500. The van der Waals surface area contributed by atoms with E-state index in [9.17, 15) is 0 Å². The maximum absolute atomic E-state index is 8.52. The van der Waals surface area contributed by atoms with Crippen molar-refractivity contribution in [2.75, 3.05) is 13.2 Å². The minimum absolute atomic E-state index is 0.114. The molecule has 0 saturated heterocycles. The molecule has 0 atom stereocenters.